The molecule has 6 fully saturated rings. The van der Waals surface area contributed by atoms with Gasteiger partial charge in [0.2, 0.25) is 11.8 Å². The average molecular weight is 872 g/mol. The lowest BCUT2D eigenvalue weighted by atomic mass is 9.90. The van der Waals surface area contributed by atoms with Gasteiger partial charge in [-0.2, -0.15) is 0 Å². The maximum absolute atomic E-state index is 14.3. The van der Waals surface area contributed by atoms with Crippen LogP contribution in [-0.4, -0.2) is 130 Å². The Morgan fingerprint density at radius 1 is 0.719 bits per heavy atom. The Labute approximate surface area is 370 Å². The number of carbonyl (C=O) groups is 4. The van der Waals surface area contributed by atoms with Crippen LogP contribution in [0.5, 0.6) is 0 Å². The van der Waals surface area contributed by atoms with E-state index in [2.05, 4.69) is 39.9 Å². The molecule has 2 aromatic heterocycles. The number of nitrogens with zero attached hydrogens (tertiary/aromatic N) is 6. The molecule has 4 aromatic rings. The van der Waals surface area contributed by atoms with Crippen LogP contribution in [0.15, 0.2) is 53.8 Å². The standard InChI is InChI=1S/C47H53N9O8/c1-61-46(59)53-41(24-7-11-63-12-8-24)44(57)55-37-18-29(37)20-39(55)34-17-28-15-26(3-5-31(28)50-34)27-4-6-32-33(16-27)48-22-35(51-32)36-23-49-43(52-36)40-21-30-19-38(30)56(40)45(58)42(54-47(60)62-2)25-9-13-64-14-10-25/h3-6,15-16,22-25,29-30,37-42H,7-14,17-21H2,1-2H3,(H,49,52)(H,53,59)(H,54,60)/t29-,30-,37-,38-,39+,40?,41+,42+/m1/s1. The molecule has 1 unspecified atom stereocenters. The average Bonchev–Trinajstić information content (AvgIpc) is 3.95. The van der Waals surface area contributed by atoms with Crippen molar-refractivity contribution in [3.8, 4) is 22.5 Å². The summed E-state index contributed by atoms with van der Waals surface area (Å²) in [6, 6.07) is 11.0. The predicted molar refractivity (Wildman–Crippen MR) is 232 cm³/mol. The minimum atomic E-state index is -0.697. The van der Waals surface area contributed by atoms with Crippen molar-refractivity contribution in [2.24, 2.45) is 28.7 Å². The molecule has 0 spiro atoms. The number of methoxy groups -OCH3 is 2. The lowest BCUT2D eigenvalue weighted by Crippen LogP contribution is -2.56. The molecule has 3 N–H and O–H groups in total. The van der Waals surface area contributed by atoms with Crippen LogP contribution in [0.1, 0.15) is 68.8 Å². The summed E-state index contributed by atoms with van der Waals surface area (Å²) in [5.41, 5.74) is 7.92. The van der Waals surface area contributed by atoms with Crippen molar-refractivity contribution < 1.29 is 38.1 Å². The SMILES string of the molecule is COC(=O)N[C@H](C(=O)N1C(c2ncc(-c3cnc4cc(-c5ccc6c(c5)CC([C@@H]5C[C@H]7C[C@H]7N5C(=O)[C@@H](NC(=O)OC)C5CCOCC5)=N6)ccc4n3)[nH]2)C[C@H]2C[C@H]21)C1CCOCC1. The van der Waals surface area contributed by atoms with Gasteiger partial charge in [-0.25, -0.2) is 19.6 Å². The quantitative estimate of drug-likeness (QED) is 0.187. The van der Waals surface area contributed by atoms with Gasteiger partial charge in [-0.1, -0.05) is 12.1 Å². The summed E-state index contributed by atoms with van der Waals surface area (Å²) in [5, 5.41) is 5.72. The molecule has 8 atom stereocenters. The van der Waals surface area contributed by atoms with E-state index in [1.165, 1.54) is 14.2 Å². The minimum absolute atomic E-state index is 0.0153. The molecule has 0 bridgehead atoms. The van der Waals surface area contributed by atoms with Gasteiger partial charge in [-0.3, -0.25) is 19.6 Å². The van der Waals surface area contributed by atoms with E-state index in [0.29, 0.717) is 87.6 Å². The second kappa shape index (κ2) is 16.6. The van der Waals surface area contributed by atoms with Gasteiger partial charge in [0, 0.05) is 50.6 Å². The number of hydrogen-bond donors (Lipinski definition) is 3. The van der Waals surface area contributed by atoms with Crippen molar-refractivity contribution in [2.75, 3.05) is 40.6 Å². The number of fused-ring (bicyclic) bond motifs is 4. The van der Waals surface area contributed by atoms with E-state index in [1.54, 1.807) is 12.4 Å². The Hall–Kier alpha value is -5.94. The van der Waals surface area contributed by atoms with Crippen molar-refractivity contribution >= 4 is 46.4 Å². The number of aliphatic imine (C=N–C) groups is 1. The third-order valence-electron chi connectivity index (χ3n) is 14.8. The van der Waals surface area contributed by atoms with Crippen LogP contribution in [0.3, 0.4) is 0 Å². The Balaban J connectivity index is 0.780. The van der Waals surface area contributed by atoms with Gasteiger partial charge in [0.25, 0.3) is 0 Å². The van der Waals surface area contributed by atoms with Crippen molar-refractivity contribution in [3.05, 3.63) is 60.2 Å². The summed E-state index contributed by atoms with van der Waals surface area (Å²) in [7, 11) is 2.64. The van der Waals surface area contributed by atoms with E-state index in [1.807, 2.05) is 21.9 Å². The first-order valence-electron chi connectivity index (χ1n) is 22.8. The molecule has 17 heteroatoms. The van der Waals surface area contributed by atoms with Crippen molar-refractivity contribution in [2.45, 2.75) is 94.0 Å². The minimum Gasteiger partial charge on any atom is -0.453 e. The molecule has 334 valence electrons. The van der Waals surface area contributed by atoms with E-state index in [9.17, 15) is 19.2 Å². The summed E-state index contributed by atoms with van der Waals surface area (Å²) in [5.74, 6) is 1.35. The third-order valence-corrected chi connectivity index (χ3v) is 14.8. The number of amides is 4. The van der Waals surface area contributed by atoms with E-state index >= 15 is 0 Å². The molecule has 7 heterocycles. The molecule has 4 amide bonds. The fraction of sp³-hybridized carbons (Fsp3) is 0.532. The number of alkyl carbamates (subject to hydrolysis) is 2. The summed E-state index contributed by atoms with van der Waals surface area (Å²) in [6.45, 7) is 2.24. The molecule has 2 aliphatic carbocycles. The number of H-pyrrole nitrogens is 1. The fourth-order valence-corrected chi connectivity index (χ4v) is 11.2. The highest BCUT2D eigenvalue weighted by molar-refractivity contribution is 6.02. The number of aromatic amines is 1. The summed E-state index contributed by atoms with van der Waals surface area (Å²) < 4.78 is 21.0. The molecular weight excluding hydrogens is 819 g/mol. The van der Waals surface area contributed by atoms with Crippen LogP contribution in [-0.2, 0) is 35.0 Å². The van der Waals surface area contributed by atoms with Crippen LogP contribution < -0.4 is 10.6 Å². The van der Waals surface area contributed by atoms with E-state index in [0.717, 1.165) is 64.8 Å². The van der Waals surface area contributed by atoms with E-state index in [-0.39, 0.29) is 47.8 Å². The monoisotopic (exact) mass is 871 g/mol. The van der Waals surface area contributed by atoms with Crippen LogP contribution in [0.2, 0.25) is 0 Å². The van der Waals surface area contributed by atoms with Crippen LogP contribution in [0.25, 0.3) is 33.5 Å². The largest absolute Gasteiger partial charge is 0.453 e. The maximum atomic E-state index is 14.3. The van der Waals surface area contributed by atoms with Gasteiger partial charge < -0.3 is 44.4 Å². The van der Waals surface area contributed by atoms with Crippen LogP contribution in [0.4, 0.5) is 15.3 Å². The Kier molecular flexibility index (Phi) is 10.6. The van der Waals surface area contributed by atoms with Crippen LogP contribution in [0, 0.1) is 23.7 Å². The topological polar surface area (TPSA) is 203 Å². The van der Waals surface area contributed by atoms with Gasteiger partial charge in [0.15, 0.2) is 0 Å². The first-order valence-corrected chi connectivity index (χ1v) is 22.8. The number of likely N-dealkylation sites (tertiary alicyclic amines) is 2. The second-order valence-electron chi connectivity index (χ2n) is 18.5. The molecule has 5 aliphatic heterocycles. The summed E-state index contributed by atoms with van der Waals surface area (Å²) in [6.07, 6.45) is 9.35. The van der Waals surface area contributed by atoms with Gasteiger partial charge >= 0.3 is 12.2 Å². The summed E-state index contributed by atoms with van der Waals surface area (Å²) in [4.78, 5) is 80.5. The van der Waals surface area contributed by atoms with Crippen molar-refractivity contribution in [1.82, 2.24) is 40.4 Å². The first kappa shape index (κ1) is 40.8. The van der Waals surface area contributed by atoms with Crippen LogP contribution >= 0.6 is 0 Å². The smallest absolute Gasteiger partial charge is 0.407 e. The Morgan fingerprint density at radius 3 is 1.95 bits per heavy atom. The Bertz CT molecular complexity index is 2530. The van der Waals surface area contributed by atoms with E-state index in [4.69, 9.17) is 38.9 Å². The first-order chi connectivity index (χ1) is 31.2. The molecule has 17 nitrogen and oxygen atoms in total. The number of piperidine rings is 2. The molecular formula is C47H53N9O8. The zero-order valence-corrected chi connectivity index (χ0v) is 36.0. The number of rotatable bonds is 10. The molecule has 0 radical (unpaired) electrons. The van der Waals surface area contributed by atoms with Gasteiger partial charge in [-0.15, -0.1) is 0 Å². The number of nitrogens with one attached hydrogen (secondary N) is 3. The normalized spacial score (nSPS) is 26.9. The number of benzene rings is 2. The number of carbonyl (C=O) groups excluding carboxylic acids is 4. The second-order valence-corrected chi connectivity index (χ2v) is 18.5. The summed E-state index contributed by atoms with van der Waals surface area (Å²) >= 11 is 0. The highest BCUT2D eigenvalue weighted by Gasteiger charge is 2.58. The maximum Gasteiger partial charge on any atom is 0.407 e. The number of ether oxygens (including phenoxy) is 4. The predicted octanol–water partition coefficient (Wildman–Crippen LogP) is 5.27. The van der Waals surface area contributed by atoms with Gasteiger partial charge in [0.1, 0.15) is 23.6 Å². The fourth-order valence-electron chi connectivity index (χ4n) is 11.2. The molecule has 64 heavy (non-hydrogen) atoms. The molecule has 4 saturated heterocycles. The molecule has 11 rings (SSSR count). The van der Waals surface area contributed by atoms with Crippen molar-refractivity contribution in [3.63, 3.8) is 0 Å². The van der Waals surface area contributed by atoms with E-state index < -0.39 is 24.3 Å². The Morgan fingerprint density at radius 2 is 1.31 bits per heavy atom. The number of aromatic nitrogens is 4. The third kappa shape index (κ3) is 7.55. The molecule has 2 aromatic carbocycles. The number of imidazole rings is 1. The molecule has 7 aliphatic rings. The molecule has 2 saturated carbocycles. The zero-order valence-electron chi connectivity index (χ0n) is 36.0. The zero-order chi connectivity index (χ0) is 43.6. The van der Waals surface area contributed by atoms with Crippen molar-refractivity contribution in [1.29, 1.82) is 0 Å². The lowest BCUT2D eigenvalue weighted by Gasteiger charge is -2.36. The number of hydrogen-bond acceptors (Lipinski definition) is 12. The highest BCUT2D eigenvalue weighted by Crippen LogP contribution is 2.54. The lowest BCUT2D eigenvalue weighted by molar-refractivity contribution is -0.138. The van der Waals surface area contributed by atoms with Gasteiger partial charge in [-0.05, 0) is 116 Å². The van der Waals surface area contributed by atoms with Gasteiger partial charge in [0.05, 0.1) is 61.1 Å². The highest BCUT2D eigenvalue weighted by atomic mass is 16.5.